The van der Waals surface area contributed by atoms with Gasteiger partial charge in [0.25, 0.3) is 23.6 Å². The van der Waals surface area contributed by atoms with E-state index in [2.05, 4.69) is 10.3 Å². The average Bonchev–Trinajstić information content (AvgIpc) is 4.00. The van der Waals surface area contributed by atoms with Crippen LogP contribution in [0.3, 0.4) is 0 Å². The third kappa shape index (κ3) is 7.27. The van der Waals surface area contributed by atoms with Gasteiger partial charge in [-0.2, -0.15) is 0 Å². The molecule has 0 spiro atoms. The summed E-state index contributed by atoms with van der Waals surface area (Å²) >= 11 is 0. The number of halogens is 2. The molecule has 4 aliphatic heterocycles. The number of hydrogen-bond acceptors (Lipinski definition) is 12. The summed E-state index contributed by atoms with van der Waals surface area (Å²) in [6, 6.07) is 19.0. The van der Waals surface area contributed by atoms with Crippen molar-refractivity contribution < 1.29 is 52.0 Å². The van der Waals surface area contributed by atoms with Gasteiger partial charge in [-0.05, 0) is 88.1 Å². The van der Waals surface area contributed by atoms with Gasteiger partial charge in [0.2, 0.25) is 0 Å². The molecule has 2 N–H and O–H groups in total. The van der Waals surface area contributed by atoms with E-state index in [0.29, 0.717) is 110 Å². The SMILES string of the molecule is CCOc1cccc2c1C(=O)N(N1CCC(c3noc4cc(F)ccc34)CC1)C2=O.CCOc1cccc2c1C(=O)N(N1CCC(c3noc4cc(F)ccc34)CC1)C2=O.O. The van der Waals surface area contributed by atoms with Crippen LogP contribution in [0.15, 0.2) is 81.8 Å². The van der Waals surface area contributed by atoms with Crippen LogP contribution in [0.1, 0.15) is 104 Å². The molecule has 15 nitrogen and oxygen atoms in total. The van der Waals surface area contributed by atoms with Gasteiger partial charge >= 0.3 is 0 Å². The highest BCUT2D eigenvalue weighted by Gasteiger charge is 2.44. The van der Waals surface area contributed by atoms with Crippen molar-refractivity contribution >= 4 is 45.6 Å². The molecule has 4 aromatic carbocycles. The predicted octanol–water partition coefficient (Wildman–Crippen LogP) is 6.69. The third-order valence-corrected chi connectivity index (χ3v) is 11.5. The highest BCUT2D eigenvalue weighted by atomic mass is 19.1. The second-order valence-corrected chi connectivity index (χ2v) is 14.9. The first-order chi connectivity index (χ1) is 29.2. The number of piperidine rings is 2. The summed E-state index contributed by atoms with van der Waals surface area (Å²) in [5.41, 5.74) is 3.85. The van der Waals surface area contributed by atoms with Crippen LogP contribution >= 0.6 is 0 Å². The summed E-state index contributed by atoms with van der Waals surface area (Å²) < 4.78 is 48.5. The zero-order valence-corrected chi connectivity index (χ0v) is 33.4. The molecule has 2 fully saturated rings. The van der Waals surface area contributed by atoms with Gasteiger partial charge in [-0.15, -0.1) is 0 Å². The van der Waals surface area contributed by atoms with E-state index in [4.69, 9.17) is 18.5 Å². The van der Waals surface area contributed by atoms with Gasteiger partial charge in [-0.3, -0.25) is 19.2 Å². The van der Waals surface area contributed by atoms with Gasteiger partial charge in [0.15, 0.2) is 11.2 Å². The Morgan fingerprint density at radius 1 is 0.590 bits per heavy atom. The third-order valence-electron chi connectivity index (χ3n) is 11.5. The van der Waals surface area contributed by atoms with Crippen LogP contribution in [0.5, 0.6) is 11.5 Å². The fourth-order valence-electron chi connectivity index (χ4n) is 8.68. The Kier molecular flexibility index (Phi) is 11.4. The van der Waals surface area contributed by atoms with Crippen LogP contribution in [0.4, 0.5) is 8.78 Å². The first kappa shape index (κ1) is 41.2. The molecule has 4 aliphatic rings. The predicted molar refractivity (Wildman–Crippen MR) is 215 cm³/mol. The summed E-state index contributed by atoms with van der Waals surface area (Å²) in [6.07, 6.45) is 2.80. The minimum Gasteiger partial charge on any atom is -0.493 e. The zero-order chi connectivity index (χ0) is 41.7. The molecule has 6 aromatic rings. The molecule has 0 atom stereocenters. The van der Waals surface area contributed by atoms with Gasteiger partial charge in [0.05, 0.1) is 46.9 Å². The van der Waals surface area contributed by atoms with Crippen molar-refractivity contribution in [2.24, 2.45) is 0 Å². The maximum atomic E-state index is 13.4. The molecule has 17 heteroatoms. The van der Waals surface area contributed by atoms with E-state index in [-0.39, 0.29) is 52.6 Å². The number of hydrazine groups is 2. The van der Waals surface area contributed by atoms with E-state index in [0.717, 1.165) is 22.2 Å². The Morgan fingerprint density at radius 3 is 1.36 bits per heavy atom. The molecule has 0 saturated carbocycles. The lowest BCUT2D eigenvalue weighted by molar-refractivity contribution is -0.0106. The number of fused-ring (bicyclic) bond motifs is 4. The Morgan fingerprint density at radius 2 is 0.984 bits per heavy atom. The topological polar surface area (TPSA) is 183 Å². The lowest BCUT2D eigenvalue weighted by Gasteiger charge is -2.35. The van der Waals surface area contributed by atoms with E-state index < -0.39 is 0 Å². The first-order valence-corrected chi connectivity index (χ1v) is 20.0. The van der Waals surface area contributed by atoms with Crippen molar-refractivity contribution in [2.45, 2.75) is 51.4 Å². The molecular weight excluding hydrogens is 795 g/mol. The van der Waals surface area contributed by atoms with Crippen molar-refractivity contribution in [1.82, 2.24) is 30.3 Å². The zero-order valence-electron chi connectivity index (χ0n) is 33.4. The Hall–Kier alpha value is -6.56. The molecule has 0 radical (unpaired) electrons. The molecule has 4 amide bonds. The lowest BCUT2D eigenvalue weighted by atomic mass is 9.92. The monoisotopic (exact) mass is 836 g/mol. The summed E-state index contributed by atoms with van der Waals surface area (Å²) in [7, 11) is 0. The van der Waals surface area contributed by atoms with Gasteiger partial charge in [-0.25, -0.2) is 28.8 Å². The van der Waals surface area contributed by atoms with Crippen molar-refractivity contribution in [3.8, 4) is 11.5 Å². The number of imide groups is 2. The Bertz CT molecular complexity index is 2490. The Labute approximate surface area is 347 Å². The van der Waals surface area contributed by atoms with E-state index >= 15 is 0 Å². The fraction of sp³-hybridized carbons (Fsp3) is 0.318. The number of carbonyl (C=O) groups excluding carboxylic acids is 4. The molecule has 2 aromatic heterocycles. The largest absolute Gasteiger partial charge is 0.493 e. The van der Waals surface area contributed by atoms with E-state index in [1.54, 1.807) is 58.5 Å². The average molecular weight is 837 g/mol. The van der Waals surface area contributed by atoms with Crippen LogP contribution in [-0.4, -0.2) is 98.8 Å². The molecule has 316 valence electrons. The number of nitrogens with zero attached hydrogens (tertiary/aromatic N) is 6. The van der Waals surface area contributed by atoms with Crippen LogP contribution in [0, 0.1) is 11.6 Å². The minimum absolute atomic E-state index is 0. The summed E-state index contributed by atoms with van der Waals surface area (Å²) in [5.74, 6) is -0.966. The second kappa shape index (κ2) is 16.8. The van der Waals surface area contributed by atoms with Gasteiger partial charge < -0.3 is 24.0 Å². The number of carbonyl (C=O) groups is 4. The van der Waals surface area contributed by atoms with Gasteiger partial charge in [0, 0.05) is 60.9 Å². The summed E-state index contributed by atoms with van der Waals surface area (Å²) in [6.45, 7) is 6.60. The standard InChI is InChI=1S/2C22H20FN3O4.H2O/c2*1-2-29-17-5-3-4-16-19(17)22(28)26(21(16)27)25-10-8-13(9-11-25)20-15-7-6-14(23)12-18(15)30-24-20;/h2*3-7,12-13H,2,8-11H2,1H3;1H2. The number of aromatic nitrogens is 2. The number of ether oxygens (including phenoxy) is 2. The molecule has 10 rings (SSSR count). The highest BCUT2D eigenvalue weighted by molar-refractivity contribution is 6.23. The van der Waals surface area contributed by atoms with Crippen molar-refractivity contribution in [3.63, 3.8) is 0 Å². The van der Waals surface area contributed by atoms with Crippen LogP contribution < -0.4 is 9.47 Å². The molecule has 0 bridgehead atoms. The maximum absolute atomic E-state index is 13.4. The molecule has 2 saturated heterocycles. The summed E-state index contributed by atoms with van der Waals surface area (Å²) in [5, 5.41) is 16.0. The van der Waals surface area contributed by atoms with E-state index in [1.807, 2.05) is 13.8 Å². The van der Waals surface area contributed by atoms with E-state index in [1.165, 1.54) is 34.3 Å². The van der Waals surface area contributed by atoms with Crippen LogP contribution in [0.2, 0.25) is 0 Å². The smallest absolute Gasteiger partial charge is 0.280 e. The number of rotatable bonds is 8. The van der Waals surface area contributed by atoms with Crippen molar-refractivity contribution in [2.75, 3.05) is 39.4 Å². The Balaban J connectivity index is 0.000000166. The van der Waals surface area contributed by atoms with Crippen LogP contribution in [0.25, 0.3) is 21.9 Å². The lowest BCUT2D eigenvalue weighted by Crippen LogP contribution is -2.49. The van der Waals surface area contributed by atoms with E-state index in [9.17, 15) is 28.0 Å². The number of hydrogen-bond donors (Lipinski definition) is 0. The summed E-state index contributed by atoms with van der Waals surface area (Å²) in [4.78, 5) is 51.9. The molecular formula is C44H42F2N6O9. The highest BCUT2D eigenvalue weighted by Crippen LogP contribution is 2.39. The maximum Gasteiger partial charge on any atom is 0.280 e. The molecule has 0 unspecified atom stereocenters. The minimum atomic E-state index is -0.364. The molecule has 61 heavy (non-hydrogen) atoms. The number of benzene rings is 4. The quantitative estimate of drug-likeness (QED) is 0.148. The molecule has 6 heterocycles. The van der Waals surface area contributed by atoms with Gasteiger partial charge in [-0.1, -0.05) is 22.4 Å². The van der Waals surface area contributed by atoms with Crippen molar-refractivity contribution in [1.29, 1.82) is 0 Å². The molecule has 0 aliphatic carbocycles. The first-order valence-electron chi connectivity index (χ1n) is 20.0. The number of amides is 4. The normalized spacial score (nSPS) is 17.4. The second-order valence-electron chi connectivity index (χ2n) is 14.9. The van der Waals surface area contributed by atoms with Gasteiger partial charge in [0.1, 0.15) is 23.1 Å². The van der Waals surface area contributed by atoms with Crippen molar-refractivity contribution in [3.05, 3.63) is 118 Å². The fourth-order valence-corrected chi connectivity index (χ4v) is 8.68. The van der Waals surface area contributed by atoms with Crippen LogP contribution in [-0.2, 0) is 0 Å².